The van der Waals surface area contributed by atoms with Crippen molar-refractivity contribution in [3.8, 4) is 11.5 Å². The predicted octanol–water partition coefficient (Wildman–Crippen LogP) is 6.15. The zero-order valence-electron chi connectivity index (χ0n) is 18.5. The molecule has 0 aromatic heterocycles. The third-order valence-corrected chi connectivity index (χ3v) is 6.29. The minimum Gasteiger partial charge on any atom is -0.493 e. The van der Waals surface area contributed by atoms with Crippen molar-refractivity contribution in [2.45, 2.75) is 6.61 Å². The number of ether oxygens (including phenoxy) is 2. The number of carbonyl (C=O) groups excluding carboxylic acids is 3. The SMILES string of the molecule is COc1cc(/C=C2\C(=O)NC(=O)N(c3cccc(F)c3)C2=O)cc(Br)c1OCc1ccc(Cl)cc1Cl. The van der Waals surface area contributed by atoms with Gasteiger partial charge in [0.2, 0.25) is 0 Å². The number of anilines is 1. The second-order valence-electron chi connectivity index (χ2n) is 7.50. The van der Waals surface area contributed by atoms with Gasteiger partial charge in [0.1, 0.15) is 18.0 Å². The Balaban J connectivity index is 1.64. The molecular formula is C25H16BrCl2FN2O5. The lowest BCUT2D eigenvalue weighted by molar-refractivity contribution is -0.122. The first-order valence-corrected chi connectivity index (χ1v) is 11.8. The number of rotatable bonds is 6. The van der Waals surface area contributed by atoms with Crippen molar-refractivity contribution in [1.29, 1.82) is 0 Å². The molecule has 3 aromatic rings. The lowest BCUT2D eigenvalue weighted by atomic mass is 10.1. The second kappa shape index (κ2) is 10.7. The van der Waals surface area contributed by atoms with Gasteiger partial charge in [-0.1, -0.05) is 35.3 Å². The van der Waals surface area contributed by atoms with Crippen LogP contribution in [-0.2, 0) is 16.2 Å². The molecule has 0 saturated carbocycles. The number of halogens is 4. The number of carbonyl (C=O) groups is 3. The number of nitrogens with one attached hydrogen (secondary N) is 1. The molecule has 0 radical (unpaired) electrons. The van der Waals surface area contributed by atoms with Crippen LogP contribution in [0.15, 0.2) is 64.6 Å². The van der Waals surface area contributed by atoms with Crippen molar-refractivity contribution >= 4 is 68.7 Å². The molecule has 1 N–H and O–H groups in total. The maximum atomic E-state index is 13.7. The molecule has 0 atom stereocenters. The highest BCUT2D eigenvalue weighted by Crippen LogP contribution is 2.38. The Labute approximate surface area is 223 Å². The average molecular weight is 594 g/mol. The molecule has 4 rings (SSSR count). The Hall–Kier alpha value is -3.40. The lowest BCUT2D eigenvalue weighted by Gasteiger charge is -2.26. The maximum absolute atomic E-state index is 13.7. The van der Waals surface area contributed by atoms with Gasteiger partial charge in [-0.25, -0.2) is 14.1 Å². The molecule has 0 bridgehead atoms. The summed E-state index contributed by atoms with van der Waals surface area (Å²) in [5.41, 5.74) is 0.768. The van der Waals surface area contributed by atoms with Crippen molar-refractivity contribution in [1.82, 2.24) is 5.32 Å². The van der Waals surface area contributed by atoms with Crippen molar-refractivity contribution in [3.63, 3.8) is 0 Å². The molecule has 1 saturated heterocycles. The number of urea groups is 1. The summed E-state index contributed by atoms with van der Waals surface area (Å²) in [7, 11) is 1.43. The number of barbiturate groups is 1. The van der Waals surface area contributed by atoms with Crippen LogP contribution in [0.3, 0.4) is 0 Å². The van der Waals surface area contributed by atoms with Crippen LogP contribution in [0.2, 0.25) is 10.0 Å². The third-order valence-electron chi connectivity index (χ3n) is 5.12. The monoisotopic (exact) mass is 592 g/mol. The first kappa shape index (κ1) is 25.7. The second-order valence-corrected chi connectivity index (χ2v) is 9.19. The maximum Gasteiger partial charge on any atom is 0.335 e. The van der Waals surface area contributed by atoms with Crippen LogP contribution >= 0.6 is 39.1 Å². The molecule has 7 nitrogen and oxygen atoms in total. The molecule has 1 aliphatic heterocycles. The Morgan fingerprint density at radius 1 is 1.08 bits per heavy atom. The fraction of sp³-hybridized carbons (Fsp3) is 0.0800. The molecular weight excluding hydrogens is 578 g/mol. The van der Waals surface area contributed by atoms with Crippen LogP contribution in [0.5, 0.6) is 11.5 Å². The number of nitrogens with zero attached hydrogens (tertiary/aromatic N) is 1. The standard InChI is InChI=1S/C25H16BrCl2FN2O5/c1-35-21-9-13(8-19(26)22(21)36-12-14-5-6-15(27)10-20(14)28)7-18-23(32)30-25(34)31(24(18)33)17-4-2-3-16(29)11-17/h2-11H,12H2,1H3,(H,30,32,34)/b18-7+. The van der Waals surface area contributed by atoms with Crippen LogP contribution in [0.25, 0.3) is 6.08 Å². The van der Waals surface area contributed by atoms with E-state index in [4.69, 9.17) is 32.7 Å². The van der Waals surface area contributed by atoms with E-state index in [2.05, 4.69) is 21.2 Å². The molecule has 4 amide bonds. The number of imide groups is 2. The summed E-state index contributed by atoms with van der Waals surface area (Å²) in [5.74, 6) is -1.75. The minimum atomic E-state index is -0.976. The van der Waals surface area contributed by atoms with Gasteiger partial charge in [-0.3, -0.25) is 14.9 Å². The number of hydrogen-bond donors (Lipinski definition) is 1. The molecule has 1 heterocycles. The zero-order valence-corrected chi connectivity index (χ0v) is 21.6. The normalized spacial score (nSPS) is 14.8. The Bertz CT molecular complexity index is 1430. The van der Waals surface area contributed by atoms with E-state index in [1.807, 2.05) is 0 Å². The van der Waals surface area contributed by atoms with E-state index in [1.54, 1.807) is 30.3 Å². The summed E-state index contributed by atoms with van der Waals surface area (Å²) in [6, 6.07) is 12.1. The Morgan fingerprint density at radius 3 is 2.56 bits per heavy atom. The van der Waals surface area contributed by atoms with Gasteiger partial charge in [-0.15, -0.1) is 0 Å². The van der Waals surface area contributed by atoms with Crippen LogP contribution in [0.4, 0.5) is 14.9 Å². The highest BCUT2D eigenvalue weighted by Gasteiger charge is 2.37. The highest BCUT2D eigenvalue weighted by molar-refractivity contribution is 9.10. The van der Waals surface area contributed by atoms with Crippen LogP contribution in [-0.4, -0.2) is 25.0 Å². The summed E-state index contributed by atoms with van der Waals surface area (Å²) in [6.45, 7) is 0.122. The van der Waals surface area contributed by atoms with E-state index >= 15 is 0 Å². The number of hydrogen-bond acceptors (Lipinski definition) is 5. The van der Waals surface area contributed by atoms with Gasteiger partial charge < -0.3 is 9.47 Å². The number of methoxy groups -OCH3 is 1. The largest absolute Gasteiger partial charge is 0.493 e. The summed E-state index contributed by atoms with van der Waals surface area (Å²) < 4.78 is 25.5. The van der Waals surface area contributed by atoms with Crippen LogP contribution < -0.4 is 19.7 Å². The highest BCUT2D eigenvalue weighted by atomic mass is 79.9. The predicted molar refractivity (Wildman–Crippen MR) is 137 cm³/mol. The van der Waals surface area contributed by atoms with E-state index in [9.17, 15) is 18.8 Å². The van der Waals surface area contributed by atoms with Gasteiger partial charge >= 0.3 is 6.03 Å². The molecule has 0 aliphatic carbocycles. The number of benzene rings is 3. The molecule has 0 spiro atoms. The van der Waals surface area contributed by atoms with Gasteiger partial charge in [0.25, 0.3) is 11.8 Å². The summed E-state index contributed by atoms with van der Waals surface area (Å²) in [4.78, 5) is 38.5. The molecule has 3 aromatic carbocycles. The topological polar surface area (TPSA) is 84.9 Å². The lowest BCUT2D eigenvalue weighted by Crippen LogP contribution is -2.54. The van der Waals surface area contributed by atoms with E-state index < -0.39 is 23.7 Å². The smallest absolute Gasteiger partial charge is 0.335 e. The van der Waals surface area contributed by atoms with Crippen LogP contribution in [0, 0.1) is 5.82 Å². The minimum absolute atomic E-state index is 0.0146. The van der Waals surface area contributed by atoms with Crippen molar-refractivity contribution in [2.24, 2.45) is 0 Å². The molecule has 11 heteroatoms. The summed E-state index contributed by atoms with van der Waals surface area (Å²) in [5, 5.41) is 3.04. The molecule has 1 aliphatic rings. The van der Waals surface area contributed by atoms with Gasteiger partial charge in [0.05, 0.1) is 17.3 Å². The van der Waals surface area contributed by atoms with Gasteiger partial charge in [-0.2, -0.15) is 0 Å². The summed E-state index contributed by atoms with van der Waals surface area (Å²) in [6.07, 6.45) is 1.30. The molecule has 1 fully saturated rings. The Kier molecular flexibility index (Phi) is 7.63. The number of amides is 4. The van der Waals surface area contributed by atoms with Gasteiger partial charge in [0, 0.05) is 15.6 Å². The Morgan fingerprint density at radius 2 is 1.86 bits per heavy atom. The molecule has 0 unspecified atom stereocenters. The van der Waals surface area contributed by atoms with E-state index in [1.165, 1.54) is 31.4 Å². The molecule has 184 valence electrons. The van der Waals surface area contributed by atoms with Gasteiger partial charge in [0.15, 0.2) is 11.5 Å². The van der Waals surface area contributed by atoms with E-state index in [0.717, 1.165) is 6.07 Å². The quantitative estimate of drug-likeness (QED) is 0.274. The van der Waals surface area contributed by atoms with Crippen molar-refractivity contribution < 1.29 is 28.2 Å². The fourth-order valence-corrected chi connectivity index (χ4v) is 4.46. The van der Waals surface area contributed by atoms with Gasteiger partial charge in [-0.05, 0) is 70.0 Å². The van der Waals surface area contributed by atoms with Crippen molar-refractivity contribution in [3.05, 3.63) is 91.6 Å². The fourth-order valence-electron chi connectivity index (χ4n) is 3.43. The van der Waals surface area contributed by atoms with Crippen LogP contribution in [0.1, 0.15) is 11.1 Å². The van der Waals surface area contributed by atoms with E-state index in [-0.39, 0.29) is 17.9 Å². The first-order valence-electron chi connectivity index (χ1n) is 10.3. The molecule has 36 heavy (non-hydrogen) atoms. The van der Waals surface area contributed by atoms with E-state index in [0.29, 0.717) is 42.0 Å². The average Bonchev–Trinajstić information content (AvgIpc) is 2.81. The summed E-state index contributed by atoms with van der Waals surface area (Å²) >= 11 is 15.6. The third kappa shape index (κ3) is 5.38. The zero-order chi connectivity index (χ0) is 26.0. The van der Waals surface area contributed by atoms with Crippen molar-refractivity contribution in [2.75, 3.05) is 12.0 Å². The first-order chi connectivity index (χ1) is 17.2.